The minimum absolute atomic E-state index is 0.0674. The van der Waals surface area contributed by atoms with Crippen LogP contribution in [-0.4, -0.2) is 39.3 Å². The lowest BCUT2D eigenvalue weighted by Crippen LogP contribution is -2.31. The van der Waals surface area contributed by atoms with E-state index >= 15 is 0 Å². The number of carbonyl (C=O) groups is 2. The van der Waals surface area contributed by atoms with Gasteiger partial charge < -0.3 is 15.3 Å². The van der Waals surface area contributed by atoms with Gasteiger partial charge in [-0.05, 0) is 12.1 Å². The first-order chi connectivity index (χ1) is 9.99. The van der Waals surface area contributed by atoms with E-state index in [0.717, 1.165) is 5.56 Å². The van der Waals surface area contributed by atoms with Crippen LogP contribution in [0.2, 0.25) is 5.02 Å². The number of carbonyl (C=O) groups excluding carboxylic acids is 1. The molecule has 0 unspecified atom stereocenters. The number of hydrogen-bond donors (Lipinski definition) is 3. The van der Waals surface area contributed by atoms with Crippen molar-refractivity contribution in [2.45, 2.75) is 6.54 Å². The maximum absolute atomic E-state index is 12.1. The first-order valence-electron chi connectivity index (χ1n) is 6.00. The van der Waals surface area contributed by atoms with Gasteiger partial charge >= 0.3 is 12.0 Å². The van der Waals surface area contributed by atoms with Gasteiger partial charge in [0.1, 0.15) is 5.56 Å². The zero-order valence-electron chi connectivity index (χ0n) is 11.1. The van der Waals surface area contributed by atoms with Crippen molar-refractivity contribution < 1.29 is 14.7 Å². The Morgan fingerprint density at radius 1 is 1.48 bits per heavy atom. The molecule has 1 heterocycles. The Bertz CT molecular complexity index is 657. The van der Waals surface area contributed by atoms with Crippen LogP contribution in [0.1, 0.15) is 15.9 Å². The highest BCUT2D eigenvalue weighted by atomic mass is 35.5. The smallest absolute Gasteiger partial charge is 0.339 e. The summed E-state index contributed by atoms with van der Waals surface area (Å²) in [5.41, 5.74) is 0.848. The molecule has 8 heteroatoms. The number of urea groups is 1. The van der Waals surface area contributed by atoms with Gasteiger partial charge in [-0.25, -0.2) is 9.59 Å². The van der Waals surface area contributed by atoms with Crippen LogP contribution in [0.5, 0.6) is 0 Å². The number of nitrogens with one attached hydrogen (secondary N) is 2. The minimum Gasteiger partial charge on any atom is -0.478 e. The third-order valence-corrected chi connectivity index (χ3v) is 3.11. The average molecular weight is 309 g/mol. The molecule has 0 aliphatic carbocycles. The van der Waals surface area contributed by atoms with Crippen LogP contribution in [0, 0.1) is 0 Å². The normalized spacial score (nSPS) is 10.2. The van der Waals surface area contributed by atoms with Crippen molar-refractivity contribution in [3.05, 3.63) is 46.7 Å². The molecular formula is C13H13ClN4O3. The van der Waals surface area contributed by atoms with Gasteiger partial charge in [0.15, 0.2) is 0 Å². The van der Waals surface area contributed by atoms with Crippen molar-refractivity contribution in [3.63, 3.8) is 0 Å². The van der Waals surface area contributed by atoms with E-state index in [9.17, 15) is 9.59 Å². The monoisotopic (exact) mass is 308 g/mol. The fourth-order valence-corrected chi connectivity index (χ4v) is 2.02. The number of benzene rings is 1. The van der Waals surface area contributed by atoms with Crippen LogP contribution >= 0.6 is 11.6 Å². The molecule has 0 bridgehead atoms. The first kappa shape index (κ1) is 14.9. The van der Waals surface area contributed by atoms with Gasteiger partial charge in [-0.1, -0.05) is 17.7 Å². The number of anilines is 1. The molecule has 1 aromatic heterocycles. The average Bonchev–Trinajstić information content (AvgIpc) is 2.91. The van der Waals surface area contributed by atoms with Crippen LogP contribution in [0.15, 0.2) is 30.6 Å². The third kappa shape index (κ3) is 3.51. The zero-order chi connectivity index (χ0) is 15.4. The summed E-state index contributed by atoms with van der Waals surface area (Å²) in [4.78, 5) is 24.7. The second kappa shape index (κ2) is 6.27. The summed E-state index contributed by atoms with van der Waals surface area (Å²) in [6, 6.07) is 4.07. The highest BCUT2D eigenvalue weighted by molar-refractivity contribution is 6.34. The lowest BCUT2D eigenvalue weighted by molar-refractivity contribution is 0.0698. The summed E-state index contributed by atoms with van der Waals surface area (Å²) in [6.07, 6.45) is 3.28. The molecule has 7 nitrogen and oxygen atoms in total. The molecule has 1 aromatic carbocycles. The maximum atomic E-state index is 12.1. The number of aromatic carboxylic acids is 1. The Hall–Kier alpha value is -2.54. The van der Waals surface area contributed by atoms with Gasteiger partial charge in [0, 0.05) is 18.8 Å². The Kier molecular flexibility index (Phi) is 4.44. The van der Waals surface area contributed by atoms with Crippen molar-refractivity contribution in [3.8, 4) is 0 Å². The standard InChI is InChI=1S/C13H13ClN4O3/c1-18(7-8-5-15-16-6-8)13(21)17-10-4-2-3-9(14)11(10)12(19)20/h2-6H,7H2,1H3,(H,15,16)(H,17,21)(H,19,20). The number of carboxylic acid groups (broad SMARTS) is 1. The van der Waals surface area contributed by atoms with Crippen molar-refractivity contribution >= 4 is 29.3 Å². The molecular weight excluding hydrogens is 296 g/mol. The molecule has 21 heavy (non-hydrogen) atoms. The summed E-state index contributed by atoms with van der Waals surface area (Å²) < 4.78 is 0. The van der Waals surface area contributed by atoms with E-state index < -0.39 is 12.0 Å². The highest BCUT2D eigenvalue weighted by Crippen LogP contribution is 2.24. The van der Waals surface area contributed by atoms with Gasteiger partial charge in [-0.3, -0.25) is 5.10 Å². The minimum atomic E-state index is -1.20. The molecule has 2 rings (SSSR count). The SMILES string of the molecule is CN(Cc1cn[nH]c1)C(=O)Nc1cccc(Cl)c1C(=O)O. The maximum Gasteiger partial charge on any atom is 0.339 e. The summed E-state index contributed by atoms with van der Waals surface area (Å²) in [6.45, 7) is 0.339. The molecule has 0 aliphatic rings. The molecule has 0 spiro atoms. The van der Waals surface area contributed by atoms with E-state index in [1.54, 1.807) is 25.5 Å². The van der Waals surface area contributed by atoms with Crippen LogP contribution in [0.4, 0.5) is 10.5 Å². The fraction of sp³-hybridized carbons (Fsp3) is 0.154. The number of amides is 2. The van der Waals surface area contributed by atoms with Gasteiger partial charge in [-0.2, -0.15) is 5.10 Å². The predicted octanol–water partition coefficient (Wildman–Crippen LogP) is 2.43. The Labute approximate surface area is 125 Å². The number of nitrogens with zero attached hydrogens (tertiary/aromatic N) is 2. The summed E-state index contributed by atoms with van der Waals surface area (Å²) in [5, 5.41) is 18.2. The molecule has 3 N–H and O–H groups in total. The molecule has 0 saturated heterocycles. The molecule has 0 radical (unpaired) electrons. The van der Waals surface area contributed by atoms with Gasteiger partial charge in [-0.15, -0.1) is 0 Å². The first-order valence-corrected chi connectivity index (χ1v) is 6.38. The van der Waals surface area contributed by atoms with Crippen LogP contribution in [0.3, 0.4) is 0 Å². The molecule has 2 aromatic rings. The number of carboxylic acids is 1. The number of aromatic amines is 1. The lowest BCUT2D eigenvalue weighted by Gasteiger charge is -2.18. The number of hydrogen-bond acceptors (Lipinski definition) is 3. The van der Waals surface area contributed by atoms with Gasteiger partial charge in [0.2, 0.25) is 0 Å². The Balaban J connectivity index is 2.12. The van der Waals surface area contributed by atoms with E-state index in [-0.39, 0.29) is 16.3 Å². The van der Waals surface area contributed by atoms with Crippen molar-refractivity contribution in [2.75, 3.05) is 12.4 Å². The predicted molar refractivity (Wildman–Crippen MR) is 77.5 cm³/mol. The van der Waals surface area contributed by atoms with E-state index in [1.807, 2.05) is 0 Å². The summed E-state index contributed by atoms with van der Waals surface area (Å²) in [7, 11) is 1.59. The zero-order valence-corrected chi connectivity index (χ0v) is 11.9. The molecule has 0 aliphatic heterocycles. The second-order valence-corrected chi connectivity index (χ2v) is 4.77. The molecule has 0 fully saturated rings. The highest BCUT2D eigenvalue weighted by Gasteiger charge is 2.17. The van der Waals surface area contributed by atoms with Gasteiger partial charge in [0.25, 0.3) is 0 Å². The molecule has 0 atom stereocenters. The lowest BCUT2D eigenvalue weighted by atomic mass is 10.2. The molecule has 110 valence electrons. The van der Waals surface area contributed by atoms with E-state index in [2.05, 4.69) is 15.5 Å². The Morgan fingerprint density at radius 3 is 2.86 bits per heavy atom. The van der Waals surface area contributed by atoms with Crippen LogP contribution in [0.25, 0.3) is 0 Å². The van der Waals surface area contributed by atoms with Crippen LogP contribution < -0.4 is 5.32 Å². The van der Waals surface area contributed by atoms with Crippen molar-refractivity contribution in [2.24, 2.45) is 0 Å². The largest absolute Gasteiger partial charge is 0.478 e. The molecule has 2 amide bonds. The summed E-state index contributed by atoms with van der Waals surface area (Å²) >= 11 is 5.84. The number of halogens is 1. The van der Waals surface area contributed by atoms with E-state index in [1.165, 1.54) is 17.0 Å². The molecule has 0 saturated carbocycles. The number of H-pyrrole nitrogens is 1. The number of rotatable bonds is 4. The van der Waals surface area contributed by atoms with Gasteiger partial charge in [0.05, 0.1) is 23.5 Å². The second-order valence-electron chi connectivity index (χ2n) is 4.36. The van der Waals surface area contributed by atoms with Crippen LogP contribution in [-0.2, 0) is 6.54 Å². The fourth-order valence-electron chi connectivity index (χ4n) is 1.77. The Morgan fingerprint density at radius 2 is 2.24 bits per heavy atom. The third-order valence-electron chi connectivity index (χ3n) is 2.79. The summed E-state index contributed by atoms with van der Waals surface area (Å²) in [5.74, 6) is -1.20. The van der Waals surface area contributed by atoms with Crippen molar-refractivity contribution in [1.82, 2.24) is 15.1 Å². The van der Waals surface area contributed by atoms with E-state index in [0.29, 0.717) is 6.54 Å². The quantitative estimate of drug-likeness (QED) is 0.807. The number of aromatic nitrogens is 2. The van der Waals surface area contributed by atoms with E-state index in [4.69, 9.17) is 16.7 Å². The van der Waals surface area contributed by atoms with Crippen molar-refractivity contribution in [1.29, 1.82) is 0 Å². The topological polar surface area (TPSA) is 98.3 Å².